The van der Waals surface area contributed by atoms with E-state index in [1.807, 2.05) is 6.92 Å². The molecule has 5 nitrogen and oxygen atoms in total. The van der Waals surface area contributed by atoms with E-state index in [1.165, 1.54) is 13.2 Å². The zero-order valence-electron chi connectivity index (χ0n) is 11.1. The van der Waals surface area contributed by atoms with Crippen molar-refractivity contribution in [1.29, 1.82) is 0 Å². The number of hydrogen-bond donors (Lipinski definition) is 2. The Bertz CT molecular complexity index is 491. The Morgan fingerprint density at radius 2 is 2.11 bits per heavy atom. The predicted molar refractivity (Wildman–Crippen MR) is 69.0 cm³/mol. The molecule has 0 aliphatic heterocycles. The van der Waals surface area contributed by atoms with Gasteiger partial charge in [-0.1, -0.05) is 6.42 Å². The van der Waals surface area contributed by atoms with Crippen LogP contribution in [0.1, 0.15) is 31.7 Å². The summed E-state index contributed by atoms with van der Waals surface area (Å²) in [7, 11) is 1.44. The van der Waals surface area contributed by atoms with E-state index in [1.54, 1.807) is 6.07 Å². The third kappa shape index (κ3) is 2.09. The van der Waals surface area contributed by atoms with Crippen LogP contribution in [0.3, 0.4) is 0 Å². The molecule has 0 saturated heterocycles. The second-order valence-electron chi connectivity index (χ2n) is 4.70. The number of carbonyl (C=O) groups is 1. The topological polar surface area (TPSA) is 76.0 Å². The lowest BCUT2D eigenvalue weighted by atomic mass is 9.64. The highest BCUT2D eigenvalue weighted by molar-refractivity contribution is 5.83. The highest BCUT2D eigenvalue weighted by Gasteiger charge is 2.46. The Morgan fingerprint density at radius 1 is 1.42 bits per heavy atom. The van der Waals surface area contributed by atoms with E-state index in [0.29, 0.717) is 30.8 Å². The lowest BCUT2D eigenvalue weighted by Gasteiger charge is -2.38. The van der Waals surface area contributed by atoms with Crippen molar-refractivity contribution in [3.63, 3.8) is 0 Å². The first-order chi connectivity index (χ1) is 9.05. The molecule has 1 aliphatic carbocycles. The van der Waals surface area contributed by atoms with Crippen LogP contribution in [0.25, 0.3) is 0 Å². The van der Waals surface area contributed by atoms with Crippen LogP contribution in [0, 0.1) is 0 Å². The van der Waals surface area contributed by atoms with Gasteiger partial charge in [0.15, 0.2) is 11.5 Å². The molecule has 1 fully saturated rings. The average Bonchev–Trinajstić information content (AvgIpc) is 2.27. The molecule has 0 atom stereocenters. The lowest BCUT2D eigenvalue weighted by Crippen LogP contribution is -2.42. The Balaban J connectivity index is 2.50. The van der Waals surface area contributed by atoms with Crippen LogP contribution in [-0.4, -0.2) is 29.9 Å². The highest BCUT2D eigenvalue weighted by Crippen LogP contribution is 2.48. The first-order valence-corrected chi connectivity index (χ1v) is 6.33. The van der Waals surface area contributed by atoms with Crippen LogP contribution in [0.4, 0.5) is 0 Å². The second-order valence-corrected chi connectivity index (χ2v) is 4.70. The molecule has 0 spiro atoms. The van der Waals surface area contributed by atoms with Gasteiger partial charge in [0.2, 0.25) is 5.75 Å². The zero-order valence-corrected chi connectivity index (χ0v) is 11.1. The zero-order chi connectivity index (χ0) is 14.0. The summed E-state index contributed by atoms with van der Waals surface area (Å²) in [6.07, 6.45) is 2.04. The summed E-state index contributed by atoms with van der Waals surface area (Å²) >= 11 is 0. The molecule has 1 saturated carbocycles. The molecule has 1 aliphatic rings. The van der Waals surface area contributed by atoms with Crippen LogP contribution < -0.4 is 9.47 Å². The maximum absolute atomic E-state index is 11.5. The van der Waals surface area contributed by atoms with Crippen molar-refractivity contribution in [3.05, 3.63) is 17.7 Å². The van der Waals surface area contributed by atoms with Gasteiger partial charge in [0.25, 0.3) is 0 Å². The molecule has 0 amide bonds. The number of phenolic OH excluding ortho intramolecular Hbond substituents is 1. The molecular formula is C14H18O5. The number of carboxylic acids is 1. The van der Waals surface area contributed by atoms with Crippen LogP contribution in [0.2, 0.25) is 0 Å². The number of ether oxygens (including phenoxy) is 2. The van der Waals surface area contributed by atoms with E-state index in [-0.39, 0.29) is 11.5 Å². The van der Waals surface area contributed by atoms with Crippen molar-refractivity contribution in [3.8, 4) is 17.2 Å². The van der Waals surface area contributed by atoms with Gasteiger partial charge in [0.05, 0.1) is 19.1 Å². The van der Waals surface area contributed by atoms with Gasteiger partial charge >= 0.3 is 5.97 Å². The number of aliphatic carboxylic acids is 1. The smallest absolute Gasteiger partial charge is 0.314 e. The molecule has 0 radical (unpaired) electrons. The van der Waals surface area contributed by atoms with Gasteiger partial charge in [0, 0.05) is 0 Å². The summed E-state index contributed by atoms with van der Waals surface area (Å²) in [6.45, 7) is 2.23. The van der Waals surface area contributed by atoms with Crippen molar-refractivity contribution in [1.82, 2.24) is 0 Å². The van der Waals surface area contributed by atoms with E-state index in [9.17, 15) is 15.0 Å². The van der Waals surface area contributed by atoms with Gasteiger partial charge in [-0.15, -0.1) is 0 Å². The third-order valence-corrected chi connectivity index (χ3v) is 3.71. The summed E-state index contributed by atoms with van der Waals surface area (Å²) in [5, 5.41) is 19.4. The summed E-state index contributed by atoms with van der Waals surface area (Å²) in [5.74, 6) is -0.320. The number of benzene rings is 1. The summed E-state index contributed by atoms with van der Waals surface area (Å²) in [6, 6.07) is 3.13. The molecule has 2 rings (SSSR count). The molecule has 2 N–H and O–H groups in total. The van der Waals surface area contributed by atoms with Gasteiger partial charge in [-0.05, 0) is 37.5 Å². The van der Waals surface area contributed by atoms with E-state index < -0.39 is 11.4 Å². The number of aromatic hydroxyl groups is 1. The third-order valence-electron chi connectivity index (χ3n) is 3.71. The molecule has 104 valence electrons. The SMILES string of the molecule is CCOc1cc(C2(C(=O)O)CCC2)cc(O)c1OC. The van der Waals surface area contributed by atoms with Gasteiger partial charge < -0.3 is 19.7 Å². The largest absolute Gasteiger partial charge is 0.504 e. The Morgan fingerprint density at radius 3 is 2.53 bits per heavy atom. The summed E-state index contributed by atoms with van der Waals surface area (Å²) in [5.41, 5.74) is -0.316. The minimum absolute atomic E-state index is 0.0871. The number of carboxylic acid groups (broad SMARTS) is 1. The van der Waals surface area contributed by atoms with Crippen molar-refractivity contribution in [2.45, 2.75) is 31.6 Å². The molecule has 1 aromatic rings. The fraction of sp³-hybridized carbons (Fsp3) is 0.500. The maximum Gasteiger partial charge on any atom is 0.314 e. The van der Waals surface area contributed by atoms with E-state index >= 15 is 0 Å². The van der Waals surface area contributed by atoms with Crippen molar-refractivity contribution < 1.29 is 24.5 Å². The fourth-order valence-electron chi connectivity index (χ4n) is 2.49. The lowest BCUT2D eigenvalue weighted by molar-refractivity contribution is -0.147. The summed E-state index contributed by atoms with van der Waals surface area (Å²) in [4.78, 5) is 11.5. The minimum atomic E-state index is -0.893. The standard InChI is InChI=1S/C14H18O5/c1-3-19-11-8-9(7-10(15)12(11)18-2)14(13(16)17)5-4-6-14/h7-8,15H,3-6H2,1-2H3,(H,16,17). The van der Waals surface area contributed by atoms with Gasteiger partial charge in [-0.25, -0.2) is 0 Å². The second kappa shape index (κ2) is 4.99. The van der Waals surface area contributed by atoms with Crippen LogP contribution in [0.5, 0.6) is 17.2 Å². The van der Waals surface area contributed by atoms with Gasteiger partial charge in [0.1, 0.15) is 0 Å². The van der Waals surface area contributed by atoms with Crippen LogP contribution >= 0.6 is 0 Å². The predicted octanol–water partition coefficient (Wildman–Crippen LogP) is 2.31. The molecule has 1 aromatic carbocycles. The fourth-order valence-corrected chi connectivity index (χ4v) is 2.49. The number of rotatable bonds is 5. The monoisotopic (exact) mass is 266 g/mol. The van der Waals surface area contributed by atoms with Crippen molar-refractivity contribution in [2.24, 2.45) is 0 Å². The summed E-state index contributed by atoms with van der Waals surface area (Å²) < 4.78 is 10.5. The normalized spacial score (nSPS) is 16.5. The Hall–Kier alpha value is -1.91. The Kier molecular flexibility index (Phi) is 3.55. The van der Waals surface area contributed by atoms with Crippen LogP contribution in [-0.2, 0) is 10.2 Å². The Labute approximate surface area is 111 Å². The van der Waals surface area contributed by atoms with Gasteiger partial charge in [-0.2, -0.15) is 0 Å². The van der Waals surface area contributed by atoms with Crippen LogP contribution in [0.15, 0.2) is 12.1 Å². The molecule has 0 bridgehead atoms. The first kappa shape index (κ1) is 13.5. The molecule has 0 aromatic heterocycles. The van der Waals surface area contributed by atoms with E-state index in [4.69, 9.17) is 9.47 Å². The van der Waals surface area contributed by atoms with E-state index in [0.717, 1.165) is 6.42 Å². The first-order valence-electron chi connectivity index (χ1n) is 6.33. The molecular weight excluding hydrogens is 248 g/mol. The molecule has 0 heterocycles. The molecule has 5 heteroatoms. The minimum Gasteiger partial charge on any atom is -0.504 e. The molecule has 19 heavy (non-hydrogen) atoms. The molecule has 0 unspecified atom stereocenters. The average molecular weight is 266 g/mol. The number of hydrogen-bond acceptors (Lipinski definition) is 4. The van der Waals surface area contributed by atoms with Crippen molar-refractivity contribution in [2.75, 3.05) is 13.7 Å². The number of methoxy groups -OCH3 is 1. The van der Waals surface area contributed by atoms with E-state index in [2.05, 4.69) is 0 Å². The van der Waals surface area contributed by atoms with Crippen molar-refractivity contribution >= 4 is 5.97 Å². The maximum atomic E-state index is 11.5. The highest BCUT2D eigenvalue weighted by atomic mass is 16.5. The number of phenols is 1. The van der Waals surface area contributed by atoms with Gasteiger partial charge in [-0.3, -0.25) is 4.79 Å². The quantitative estimate of drug-likeness (QED) is 0.855.